The molecule has 11 heteroatoms. The zero-order chi connectivity index (χ0) is 25.9. The van der Waals surface area contributed by atoms with E-state index >= 15 is 0 Å². The van der Waals surface area contributed by atoms with Crippen molar-refractivity contribution in [1.29, 1.82) is 0 Å². The first-order valence-corrected chi connectivity index (χ1v) is 12.9. The van der Waals surface area contributed by atoms with Crippen molar-refractivity contribution in [1.82, 2.24) is 30.1 Å². The summed E-state index contributed by atoms with van der Waals surface area (Å²) in [4.78, 5) is 18.2. The molecule has 2 aliphatic rings. The number of benzene rings is 2. The molecule has 1 fully saturated rings. The van der Waals surface area contributed by atoms with Crippen molar-refractivity contribution in [2.75, 3.05) is 20.0 Å². The standard InChI is InChI=1S/C27H30N6O5/c1-2-35-21-6-7-23-19(12-21)11-20(27(34)28-23)14-32(13-18-5-8-24-25(10-18)38-17-37-24)16-26-29-30-31-33(26)15-22-4-3-9-36-22/h5-8,10-12,22H,2-4,9,13-17H2,1H3,(H,28,34). The number of ether oxygens (including phenoxy) is 4. The lowest BCUT2D eigenvalue weighted by molar-refractivity contribution is 0.0914. The maximum atomic E-state index is 13.1. The Bertz CT molecular complexity index is 1480. The Balaban J connectivity index is 1.29. The van der Waals surface area contributed by atoms with E-state index in [2.05, 4.69) is 25.4 Å². The molecule has 38 heavy (non-hydrogen) atoms. The molecule has 198 valence electrons. The second-order valence-electron chi connectivity index (χ2n) is 9.55. The molecule has 0 amide bonds. The minimum absolute atomic E-state index is 0.113. The third-order valence-electron chi connectivity index (χ3n) is 6.81. The molecule has 6 rings (SSSR count). The lowest BCUT2D eigenvalue weighted by Crippen LogP contribution is -2.29. The van der Waals surface area contributed by atoms with Gasteiger partial charge in [0, 0.05) is 36.2 Å². The van der Waals surface area contributed by atoms with Crippen LogP contribution in [0.2, 0.25) is 0 Å². The van der Waals surface area contributed by atoms with E-state index in [1.54, 1.807) is 0 Å². The summed E-state index contributed by atoms with van der Waals surface area (Å²) in [5.74, 6) is 2.94. The highest BCUT2D eigenvalue weighted by Gasteiger charge is 2.22. The number of pyridine rings is 1. The van der Waals surface area contributed by atoms with E-state index in [1.807, 2.05) is 54.1 Å². The largest absolute Gasteiger partial charge is 0.494 e. The van der Waals surface area contributed by atoms with E-state index < -0.39 is 0 Å². The first-order chi connectivity index (χ1) is 18.6. The number of fused-ring (bicyclic) bond motifs is 2. The van der Waals surface area contributed by atoms with Crippen LogP contribution in [0.1, 0.15) is 36.7 Å². The number of aromatic nitrogens is 5. The Labute approximate surface area is 219 Å². The monoisotopic (exact) mass is 518 g/mol. The molecule has 0 aliphatic carbocycles. The Morgan fingerprint density at radius 2 is 2.03 bits per heavy atom. The summed E-state index contributed by atoms with van der Waals surface area (Å²) in [5, 5.41) is 13.4. The average molecular weight is 519 g/mol. The predicted molar refractivity (Wildman–Crippen MR) is 138 cm³/mol. The molecular weight excluding hydrogens is 488 g/mol. The zero-order valence-corrected chi connectivity index (χ0v) is 21.3. The van der Waals surface area contributed by atoms with E-state index in [9.17, 15) is 4.79 Å². The van der Waals surface area contributed by atoms with E-state index in [0.29, 0.717) is 38.3 Å². The van der Waals surface area contributed by atoms with Crippen LogP contribution < -0.4 is 19.8 Å². The molecule has 1 saturated heterocycles. The average Bonchev–Trinajstić information content (AvgIpc) is 3.68. The lowest BCUT2D eigenvalue weighted by atomic mass is 10.1. The van der Waals surface area contributed by atoms with Crippen LogP contribution in [-0.2, 0) is 30.9 Å². The number of nitrogens with zero attached hydrogens (tertiary/aromatic N) is 5. The summed E-state index contributed by atoms with van der Waals surface area (Å²) in [6.45, 7) is 5.52. The Morgan fingerprint density at radius 1 is 1.11 bits per heavy atom. The van der Waals surface area contributed by atoms with Gasteiger partial charge in [0.25, 0.3) is 5.56 Å². The van der Waals surface area contributed by atoms with Gasteiger partial charge in [-0.25, -0.2) is 4.68 Å². The molecule has 4 heterocycles. The van der Waals surface area contributed by atoms with E-state index in [-0.39, 0.29) is 18.5 Å². The summed E-state index contributed by atoms with van der Waals surface area (Å²) >= 11 is 0. The van der Waals surface area contributed by atoms with Gasteiger partial charge in [0.1, 0.15) is 5.75 Å². The van der Waals surface area contributed by atoms with Crippen LogP contribution >= 0.6 is 0 Å². The number of tetrazole rings is 1. The Hall–Kier alpha value is -3.96. The van der Waals surface area contributed by atoms with Crippen LogP contribution in [0.25, 0.3) is 10.9 Å². The molecule has 0 saturated carbocycles. The van der Waals surface area contributed by atoms with Crippen molar-refractivity contribution in [2.45, 2.75) is 52.0 Å². The fourth-order valence-corrected chi connectivity index (χ4v) is 4.97. The van der Waals surface area contributed by atoms with Crippen LogP contribution in [0.15, 0.2) is 47.3 Å². The Kier molecular flexibility index (Phi) is 6.93. The first-order valence-electron chi connectivity index (χ1n) is 12.9. The number of H-pyrrole nitrogens is 1. The molecule has 4 aromatic rings. The van der Waals surface area contributed by atoms with Gasteiger partial charge < -0.3 is 23.9 Å². The first kappa shape index (κ1) is 24.4. The molecule has 2 aromatic heterocycles. The molecule has 0 bridgehead atoms. The maximum absolute atomic E-state index is 13.1. The van der Waals surface area contributed by atoms with Gasteiger partial charge in [0.2, 0.25) is 6.79 Å². The molecule has 1 atom stereocenters. The molecule has 2 aromatic carbocycles. The minimum atomic E-state index is -0.128. The highest BCUT2D eigenvalue weighted by atomic mass is 16.7. The Morgan fingerprint density at radius 3 is 2.89 bits per heavy atom. The van der Waals surface area contributed by atoms with Crippen LogP contribution in [0, 0.1) is 0 Å². The highest BCUT2D eigenvalue weighted by Crippen LogP contribution is 2.33. The number of hydrogen-bond donors (Lipinski definition) is 1. The molecule has 0 spiro atoms. The van der Waals surface area contributed by atoms with Gasteiger partial charge >= 0.3 is 0 Å². The summed E-state index contributed by atoms with van der Waals surface area (Å²) in [7, 11) is 0. The fourth-order valence-electron chi connectivity index (χ4n) is 4.97. The normalized spacial score (nSPS) is 16.5. The van der Waals surface area contributed by atoms with Crippen molar-refractivity contribution >= 4 is 10.9 Å². The van der Waals surface area contributed by atoms with Gasteiger partial charge in [-0.05, 0) is 72.2 Å². The molecule has 2 aliphatic heterocycles. The summed E-state index contributed by atoms with van der Waals surface area (Å²) < 4.78 is 24.3. The van der Waals surface area contributed by atoms with Crippen molar-refractivity contribution in [3.63, 3.8) is 0 Å². The summed E-state index contributed by atoms with van der Waals surface area (Å²) in [6, 6.07) is 13.5. The smallest absolute Gasteiger partial charge is 0.252 e. The van der Waals surface area contributed by atoms with Crippen molar-refractivity contribution < 1.29 is 18.9 Å². The number of rotatable bonds is 10. The van der Waals surface area contributed by atoms with Gasteiger partial charge in [-0.3, -0.25) is 9.69 Å². The zero-order valence-electron chi connectivity index (χ0n) is 21.3. The van der Waals surface area contributed by atoms with E-state index in [1.165, 1.54) is 0 Å². The highest BCUT2D eigenvalue weighted by molar-refractivity contribution is 5.80. The van der Waals surface area contributed by atoms with Crippen LogP contribution in [-0.4, -0.2) is 56.2 Å². The second-order valence-corrected chi connectivity index (χ2v) is 9.55. The summed E-state index contributed by atoms with van der Waals surface area (Å²) in [6.07, 6.45) is 2.16. The molecule has 1 unspecified atom stereocenters. The van der Waals surface area contributed by atoms with Crippen molar-refractivity contribution in [3.05, 3.63) is 69.8 Å². The number of hydrogen-bond acceptors (Lipinski definition) is 9. The summed E-state index contributed by atoms with van der Waals surface area (Å²) in [5.41, 5.74) is 2.31. The molecule has 0 radical (unpaired) electrons. The van der Waals surface area contributed by atoms with Crippen LogP contribution in [0.4, 0.5) is 0 Å². The lowest BCUT2D eigenvalue weighted by Gasteiger charge is -2.22. The number of nitrogens with one attached hydrogen (secondary N) is 1. The molecule has 11 nitrogen and oxygen atoms in total. The van der Waals surface area contributed by atoms with Gasteiger partial charge in [0.15, 0.2) is 17.3 Å². The number of aromatic amines is 1. The third-order valence-corrected chi connectivity index (χ3v) is 6.81. The van der Waals surface area contributed by atoms with E-state index in [4.69, 9.17) is 18.9 Å². The third kappa shape index (κ3) is 5.34. The topological polar surface area (TPSA) is 117 Å². The quantitative estimate of drug-likeness (QED) is 0.338. The van der Waals surface area contributed by atoms with Gasteiger partial charge in [-0.1, -0.05) is 6.07 Å². The second kappa shape index (κ2) is 10.8. The predicted octanol–water partition coefficient (Wildman–Crippen LogP) is 3.02. The van der Waals surface area contributed by atoms with Crippen molar-refractivity contribution in [3.8, 4) is 17.2 Å². The fraction of sp³-hybridized carbons (Fsp3) is 0.407. The van der Waals surface area contributed by atoms with Gasteiger partial charge in [-0.2, -0.15) is 0 Å². The van der Waals surface area contributed by atoms with Crippen LogP contribution in [0.3, 0.4) is 0 Å². The maximum Gasteiger partial charge on any atom is 0.252 e. The molecule has 1 N–H and O–H groups in total. The van der Waals surface area contributed by atoms with Crippen LogP contribution in [0.5, 0.6) is 17.2 Å². The molecular formula is C27H30N6O5. The SMILES string of the molecule is CCOc1ccc2[nH]c(=O)c(CN(Cc3ccc4c(c3)OCO4)Cc3nnnn3CC3CCCO3)cc2c1. The van der Waals surface area contributed by atoms with Crippen molar-refractivity contribution in [2.24, 2.45) is 0 Å². The van der Waals surface area contributed by atoms with Gasteiger partial charge in [0.05, 0.1) is 25.8 Å². The van der Waals surface area contributed by atoms with Gasteiger partial charge in [-0.15, -0.1) is 5.10 Å². The van der Waals surface area contributed by atoms with E-state index in [0.717, 1.165) is 59.0 Å². The minimum Gasteiger partial charge on any atom is -0.494 e.